The number of nitrogens with one attached hydrogen (secondary N) is 1. The van der Waals surface area contributed by atoms with Gasteiger partial charge in [-0.1, -0.05) is 48.5 Å². The largest absolute Gasteiger partial charge is 0.333 e. The van der Waals surface area contributed by atoms with Crippen LogP contribution in [0.15, 0.2) is 6.07 Å². The first-order chi connectivity index (χ1) is 10.9. The molecule has 0 bridgehead atoms. The number of hydrogen-bond acceptors (Lipinski definition) is 3. The molecule has 0 aliphatic heterocycles. The standard InChI is InChI=1S/C18H32N4O2/c1-9-10-22(16(24)18(5,6)7)12-15(23)19-14-11-13(17(2,3)4)20-21(14)8/h11H,9-10,12H2,1-8H3,(H,19,23). The summed E-state index contributed by atoms with van der Waals surface area (Å²) in [5.41, 5.74) is 0.329. The predicted octanol–water partition coefficient (Wildman–Crippen LogP) is 2.94. The number of nitrogens with zero attached hydrogens (tertiary/aromatic N) is 3. The Kier molecular flexibility index (Phi) is 6.20. The van der Waals surface area contributed by atoms with Gasteiger partial charge in [-0.3, -0.25) is 14.3 Å². The van der Waals surface area contributed by atoms with Crippen LogP contribution in [0.4, 0.5) is 5.82 Å². The molecular formula is C18H32N4O2. The van der Waals surface area contributed by atoms with Gasteiger partial charge in [0.05, 0.1) is 12.2 Å². The van der Waals surface area contributed by atoms with Crippen LogP contribution in [-0.4, -0.2) is 39.6 Å². The molecule has 24 heavy (non-hydrogen) atoms. The fourth-order valence-electron chi connectivity index (χ4n) is 2.30. The summed E-state index contributed by atoms with van der Waals surface area (Å²) in [5.74, 6) is 0.425. The summed E-state index contributed by atoms with van der Waals surface area (Å²) in [7, 11) is 1.80. The predicted molar refractivity (Wildman–Crippen MR) is 96.9 cm³/mol. The molecule has 1 rings (SSSR count). The Morgan fingerprint density at radius 3 is 2.21 bits per heavy atom. The Hall–Kier alpha value is -1.85. The average molecular weight is 336 g/mol. The second-order valence-corrected chi connectivity index (χ2v) is 8.31. The van der Waals surface area contributed by atoms with Gasteiger partial charge in [0.15, 0.2) is 0 Å². The minimum atomic E-state index is -0.499. The number of carbonyl (C=O) groups excluding carboxylic acids is 2. The lowest BCUT2D eigenvalue weighted by molar-refractivity contribution is -0.141. The maximum Gasteiger partial charge on any atom is 0.245 e. The van der Waals surface area contributed by atoms with Crippen molar-refractivity contribution in [3.05, 3.63) is 11.8 Å². The molecule has 0 spiro atoms. The molecule has 1 aromatic rings. The zero-order valence-corrected chi connectivity index (χ0v) is 16.4. The van der Waals surface area contributed by atoms with Crippen LogP contribution in [0.25, 0.3) is 0 Å². The highest BCUT2D eigenvalue weighted by molar-refractivity contribution is 5.94. The van der Waals surface area contributed by atoms with E-state index in [-0.39, 0.29) is 23.8 Å². The molecule has 0 unspecified atom stereocenters. The maximum atomic E-state index is 12.5. The van der Waals surface area contributed by atoms with Crippen LogP contribution in [0.1, 0.15) is 60.6 Å². The van der Waals surface area contributed by atoms with Crippen molar-refractivity contribution in [2.75, 3.05) is 18.4 Å². The van der Waals surface area contributed by atoms with Crippen molar-refractivity contribution in [1.29, 1.82) is 0 Å². The zero-order valence-electron chi connectivity index (χ0n) is 16.4. The molecule has 0 radical (unpaired) electrons. The maximum absolute atomic E-state index is 12.5. The van der Waals surface area contributed by atoms with Crippen LogP contribution >= 0.6 is 0 Å². The highest BCUT2D eigenvalue weighted by Gasteiger charge is 2.28. The van der Waals surface area contributed by atoms with E-state index in [1.54, 1.807) is 16.6 Å². The van der Waals surface area contributed by atoms with E-state index in [4.69, 9.17) is 0 Å². The smallest absolute Gasteiger partial charge is 0.245 e. The average Bonchev–Trinajstić information content (AvgIpc) is 2.77. The van der Waals surface area contributed by atoms with Crippen LogP contribution in [0.5, 0.6) is 0 Å². The topological polar surface area (TPSA) is 67.2 Å². The van der Waals surface area contributed by atoms with E-state index in [1.807, 2.05) is 33.8 Å². The van der Waals surface area contributed by atoms with E-state index < -0.39 is 5.41 Å². The van der Waals surface area contributed by atoms with E-state index in [1.165, 1.54) is 0 Å². The molecule has 0 atom stereocenters. The summed E-state index contributed by atoms with van der Waals surface area (Å²) in [6.45, 7) is 14.5. The van der Waals surface area contributed by atoms with Crippen LogP contribution in [-0.2, 0) is 22.1 Å². The van der Waals surface area contributed by atoms with E-state index in [0.29, 0.717) is 12.4 Å². The summed E-state index contributed by atoms with van der Waals surface area (Å²) in [4.78, 5) is 26.5. The highest BCUT2D eigenvalue weighted by Crippen LogP contribution is 2.23. The molecule has 0 saturated heterocycles. The molecule has 1 aromatic heterocycles. The Labute approximate surface area is 145 Å². The van der Waals surface area contributed by atoms with Crippen LogP contribution < -0.4 is 5.32 Å². The summed E-state index contributed by atoms with van der Waals surface area (Å²) in [5, 5.41) is 7.31. The van der Waals surface area contributed by atoms with Gasteiger partial charge in [-0.25, -0.2) is 0 Å². The molecule has 0 aliphatic rings. The molecule has 0 fully saturated rings. The molecule has 6 nitrogen and oxygen atoms in total. The van der Waals surface area contributed by atoms with Crippen molar-refractivity contribution in [3.63, 3.8) is 0 Å². The van der Waals surface area contributed by atoms with Gasteiger partial charge in [-0.2, -0.15) is 5.10 Å². The van der Waals surface area contributed by atoms with Crippen LogP contribution in [0, 0.1) is 5.41 Å². The number of rotatable bonds is 5. The second kappa shape index (κ2) is 7.36. The Morgan fingerprint density at radius 2 is 1.79 bits per heavy atom. The molecule has 1 N–H and O–H groups in total. The van der Waals surface area contributed by atoms with Gasteiger partial charge in [0.2, 0.25) is 11.8 Å². The Balaban J connectivity index is 2.84. The fraction of sp³-hybridized carbons (Fsp3) is 0.722. The second-order valence-electron chi connectivity index (χ2n) is 8.31. The number of hydrogen-bond donors (Lipinski definition) is 1. The minimum absolute atomic E-state index is 0.0140. The third-order valence-corrected chi connectivity index (χ3v) is 3.67. The van der Waals surface area contributed by atoms with E-state index in [0.717, 1.165) is 12.1 Å². The first kappa shape index (κ1) is 20.2. The molecule has 6 heteroatoms. The van der Waals surface area contributed by atoms with Gasteiger partial charge in [0.1, 0.15) is 5.82 Å². The molecule has 2 amide bonds. The summed E-state index contributed by atoms with van der Waals surface area (Å²) in [6.07, 6.45) is 0.814. The summed E-state index contributed by atoms with van der Waals surface area (Å²) in [6, 6.07) is 1.88. The number of aryl methyl sites for hydroxylation is 1. The van der Waals surface area contributed by atoms with Gasteiger partial charge >= 0.3 is 0 Å². The lowest BCUT2D eigenvalue weighted by atomic mass is 9.92. The van der Waals surface area contributed by atoms with E-state index in [2.05, 4.69) is 31.2 Å². The third kappa shape index (κ3) is 5.35. The summed E-state index contributed by atoms with van der Waals surface area (Å²) < 4.78 is 1.66. The van der Waals surface area contributed by atoms with E-state index in [9.17, 15) is 9.59 Å². The fourth-order valence-corrected chi connectivity index (χ4v) is 2.30. The van der Waals surface area contributed by atoms with Crippen molar-refractivity contribution in [3.8, 4) is 0 Å². The monoisotopic (exact) mass is 336 g/mol. The van der Waals surface area contributed by atoms with Gasteiger partial charge in [0, 0.05) is 30.5 Å². The molecule has 0 aliphatic carbocycles. The highest BCUT2D eigenvalue weighted by atomic mass is 16.2. The lowest BCUT2D eigenvalue weighted by Gasteiger charge is -2.28. The normalized spacial score (nSPS) is 12.2. The number of aromatic nitrogens is 2. The van der Waals surface area contributed by atoms with Crippen molar-refractivity contribution in [1.82, 2.24) is 14.7 Å². The van der Waals surface area contributed by atoms with Crippen molar-refractivity contribution in [2.45, 2.75) is 60.3 Å². The quantitative estimate of drug-likeness (QED) is 0.899. The van der Waals surface area contributed by atoms with Crippen molar-refractivity contribution >= 4 is 17.6 Å². The number of anilines is 1. The molecule has 1 heterocycles. The first-order valence-corrected chi connectivity index (χ1v) is 8.50. The molecule has 0 saturated carbocycles. The van der Waals surface area contributed by atoms with E-state index >= 15 is 0 Å². The zero-order chi connectivity index (χ0) is 18.7. The number of carbonyl (C=O) groups is 2. The minimum Gasteiger partial charge on any atom is -0.333 e. The third-order valence-electron chi connectivity index (χ3n) is 3.67. The summed E-state index contributed by atoms with van der Waals surface area (Å²) >= 11 is 0. The molecule has 0 aromatic carbocycles. The number of amides is 2. The van der Waals surface area contributed by atoms with Gasteiger partial charge in [-0.05, 0) is 6.42 Å². The van der Waals surface area contributed by atoms with Gasteiger partial charge in [0.25, 0.3) is 0 Å². The Bertz CT molecular complexity index is 591. The van der Waals surface area contributed by atoms with Crippen molar-refractivity contribution < 1.29 is 9.59 Å². The van der Waals surface area contributed by atoms with Crippen LogP contribution in [0.3, 0.4) is 0 Å². The lowest BCUT2D eigenvalue weighted by Crippen LogP contribution is -2.44. The van der Waals surface area contributed by atoms with Crippen LogP contribution in [0.2, 0.25) is 0 Å². The van der Waals surface area contributed by atoms with Gasteiger partial charge in [-0.15, -0.1) is 0 Å². The first-order valence-electron chi connectivity index (χ1n) is 8.50. The van der Waals surface area contributed by atoms with Gasteiger partial charge < -0.3 is 10.2 Å². The Morgan fingerprint density at radius 1 is 1.21 bits per heavy atom. The SMILES string of the molecule is CCCN(CC(=O)Nc1cc(C(C)(C)C)nn1C)C(=O)C(C)(C)C. The van der Waals surface area contributed by atoms with Crippen molar-refractivity contribution in [2.24, 2.45) is 12.5 Å². The molecule has 136 valence electrons. The molecular weight excluding hydrogens is 304 g/mol.